The summed E-state index contributed by atoms with van der Waals surface area (Å²) in [5, 5.41) is 5.82. The molecule has 0 aliphatic heterocycles. The number of carbonyl (C=O) groups excluding carboxylic acids is 1. The van der Waals surface area contributed by atoms with Crippen molar-refractivity contribution in [1.29, 1.82) is 0 Å². The van der Waals surface area contributed by atoms with Crippen molar-refractivity contribution in [1.82, 2.24) is 10.6 Å². The van der Waals surface area contributed by atoms with Crippen LogP contribution in [-0.4, -0.2) is 26.5 Å². The Labute approximate surface area is 49.5 Å². The topological polar surface area (TPSA) is 41.1 Å². The summed E-state index contributed by atoms with van der Waals surface area (Å²) < 4.78 is 0. The quantitative estimate of drug-likeness (QED) is 0.378. The Bertz CT molecular complexity index is 61.4. The number of hydrogen-bond acceptors (Lipinski definition) is 3. The third-order valence-corrected chi connectivity index (χ3v) is 1.03. The van der Waals surface area contributed by atoms with Gasteiger partial charge in [0.05, 0.1) is 6.17 Å². The molecule has 0 aromatic rings. The van der Waals surface area contributed by atoms with Crippen molar-refractivity contribution in [3.8, 4) is 0 Å². The first-order chi connectivity index (χ1) is 3.85. The molecule has 0 amide bonds. The van der Waals surface area contributed by atoms with Crippen molar-refractivity contribution >= 4 is 6.29 Å². The second-order valence-corrected chi connectivity index (χ2v) is 1.53. The molecule has 0 radical (unpaired) electrons. The first-order valence-corrected chi connectivity index (χ1v) is 2.63. The van der Waals surface area contributed by atoms with Crippen LogP contribution in [0.3, 0.4) is 0 Å². The van der Waals surface area contributed by atoms with E-state index in [4.69, 9.17) is 0 Å². The van der Waals surface area contributed by atoms with Crippen LogP contribution in [0, 0.1) is 0 Å². The monoisotopic (exact) mass is 116 g/mol. The predicted octanol–water partition coefficient (Wildman–Crippen LogP) is -0.660. The van der Waals surface area contributed by atoms with Crippen molar-refractivity contribution < 1.29 is 4.79 Å². The lowest BCUT2D eigenvalue weighted by Crippen LogP contribution is -2.37. The predicted molar refractivity (Wildman–Crippen MR) is 32.6 cm³/mol. The highest BCUT2D eigenvalue weighted by Crippen LogP contribution is 1.76. The number of aldehydes is 1. The lowest BCUT2D eigenvalue weighted by molar-refractivity contribution is -0.108. The minimum absolute atomic E-state index is 0.132. The first kappa shape index (κ1) is 7.59. The molecule has 0 spiro atoms. The van der Waals surface area contributed by atoms with E-state index in [9.17, 15) is 4.79 Å². The Kier molecular flexibility index (Phi) is 4.50. The molecule has 0 aliphatic rings. The van der Waals surface area contributed by atoms with Gasteiger partial charge in [-0.2, -0.15) is 0 Å². The minimum atomic E-state index is 0.132. The third kappa shape index (κ3) is 2.71. The molecule has 0 aromatic carbocycles. The van der Waals surface area contributed by atoms with Crippen molar-refractivity contribution in [3.63, 3.8) is 0 Å². The maximum atomic E-state index is 9.85. The van der Waals surface area contributed by atoms with E-state index in [1.54, 1.807) is 0 Å². The Morgan fingerprint density at radius 2 is 2.00 bits per heavy atom. The van der Waals surface area contributed by atoms with Crippen LogP contribution in [0.4, 0.5) is 0 Å². The van der Waals surface area contributed by atoms with Gasteiger partial charge in [-0.15, -0.1) is 0 Å². The fraction of sp³-hybridized carbons (Fsp3) is 0.800. The van der Waals surface area contributed by atoms with Gasteiger partial charge in [-0.1, -0.05) is 0 Å². The van der Waals surface area contributed by atoms with Crippen LogP contribution in [0.25, 0.3) is 0 Å². The second kappa shape index (κ2) is 4.74. The van der Waals surface area contributed by atoms with Crippen LogP contribution < -0.4 is 10.6 Å². The Balaban J connectivity index is 3.20. The van der Waals surface area contributed by atoms with Gasteiger partial charge >= 0.3 is 0 Å². The molecule has 0 rings (SSSR count). The standard InChI is InChI=1S/C5H12N2O/c1-6-5(7-2)3-4-8/h4-7H,3H2,1-2H3. The Morgan fingerprint density at radius 1 is 1.50 bits per heavy atom. The van der Waals surface area contributed by atoms with Gasteiger partial charge in [0.2, 0.25) is 0 Å². The number of rotatable bonds is 4. The fourth-order valence-electron chi connectivity index (χ4n) is 0.476. The largest absolute Gasteiger partial charge is 0.305 e. The summed E-state index contributed by atoms with van der Waals surface area (Å²) in [6, 6.07) is 0. The molecule has 0 fully saturated rings. The summed E-state index contributed by atoms with van der Waals surface area (Å²) in [5.74, 6) is 0. The summed E-state index contributed by atoms with van der Waals surface area (Å²) in [4.78, 5) is 9.85. The Morgan fingerprint density at radius 3 is 2.12 bits per heavy atom. The number of nitrogens with one attached hydrogen (secondary N) is 2. The molecule has 48 valence electrons. The van der Waals surface area contributed by atoms with Crippen molar-refractivity contribution in [2.45, 2.75) is 12.6 Å². The zero-order chi connectivity index (χ0) is 6.41. The maximum Gasteiger partial charge on any atom is 0.122 e. The molecular formula is C5H12N2O. The van der Waals surface area contributed by atoms with E-state index in [1.165, 1.54) is 0 Å². The maximum absolute atomic E-state index is 9.85. The van der Waals surface area contributed by atoms with Gasteiger partial charge in [0.15, 0.2) is 0 Å². The number of carbonyl (C=O) groups is 1. The molecule has 3 heteroatoms. The van der Waals surface area contributed by atoms with Gasteiger partial charge in [-0.25, -0.2) is 0 Å². The second-order valence-electron chi connectivity index (χ2n) is 1.53. The molecule has 8 heavy (non-hydrogen) atoms. The lowest BCUT2D eigenvalue weighted by Gasteiger charge is -2.09. The summed E-state index contributed by atoms with van der Waals surface area (Å²) >= 11 is 0. The molecule has 3 nitrogen and oxygen atoms in total. The highest BCUT2D eigenvalue weighted by molar-refractivity contribution is 5.50. The van der Waals surface area contributed by atoms with Crippen LogP contribution in [-0.2, 0) is 4.79 Å². The van der Waals surface area contributed by atoms with Crippen LogP contribution in [0.5, 0.6) is 0 Å². The van der Waals surface area contributed by atoms with E-state index in [0.29, 0.717) is 6.42 Å². The van der Waals surface area contributed by atoms with E-state index in [-0.39, 0.29) is 6.17 Å². The summed E-state index contributed by atoms with van der Waals surface area (Å²) in [6.07, 6.45) is 1.54. The molecule has 0 saturated heterocycles. The molecule has 0 atom stereocenters. The molecule has 0 aliphatic carbocycles. The molecule has 2 N–H and O–H groups in total. The van der Waals surface area contributed by atoms with Crippen molar-refractivity contribution in [2.24, 2.45) is 0 Å². The van der Waals surface area contributed by atoms with Crippen LogP contribution in [0.2, 0.25) is 0 Å². The Hall–Kier alpha value is -0.410. The molecule has 0 unspecified atom stereocenters. The third-order valence-electron chi connectivity index (χ3n) is 1.03. The van der Waals surface area contributed by atoms with E-state index in [2.05, 4.69) is 10.6 Å². The minimum Gasteiger partial charge on any atom is -0.305 e. The van der Waals surface area contributed by atoms with Gasteiger partial charge in [0.1, 0.15) is 6.29 Å². The average molecular weight is 116 g/mol. The lowest BCUT2D eigenvalue weighted by atomic mass is 10.4. The number of hydrogen-bond donors (Lipinski definition) is 2. The van der Waals surface area contributed by atoms with Gasteiger partial charge in [0, 0.05) is 6.42 Å². The summed E-state index contributed by atoms with van der Waals surface area (Å²) in [6.45, 7) is 0. The van der Waals surface area contributed by atoms with Gasteiger partial charge in [-0.05, 0) is 14.1 Å². The van der Waals surface area contributed by atoms with Gasteiger partial charge in [-0.3, -0.25) is 0 Å². The smallest absolute Gasteiger partial charge is 0.122 e. The zero-order valence-electron chi connectivity index (χ0n) is 5.27. The SMILES string of the molecule is CNC(CC=O)NC. The molecule has 0 bridgehead atoms. The van der Waals surface area contributed by atoms with Crippen LogP contribution in [0.15, 0.2) is 0 Å². The zero-order valence-corrected chi connectivity index (χ0v) is 5.27. The van der Waals surface area contributed by atoms with E-state index < -0.39 is 0 Å². The van der Waals surface area contributed by atoms with E-state index in [0.717, 1.165) is 6.29 Å². The first-order valence-electron chi connectivity index (χ1n) is 2.63. The van der Waals surface area contributed by atoms with Crippen molar-refractivity contribution in [3.05, 3.63) is 0 Å². The molecular weight excluding hydrogens is 104 g/mol. The highest BCUT2D eigenvalue weighted by Gasteiger charge is 1.96. The van der Waals surface area contributed by atoms with Crippen LogP contribution >= 0.6 is 0 Å². The highest BCUT2D eigenvalue weighted by atomic mass is 16.1. The van der Waals surface area contributed by atoms with Crippen LogP contribution in [0.1, 0.15) is 6.42 Å². The molecule has 0 heterocycles. The summed E-state index contributed by atoms with van der Waals surface area (Å²) in [7, 11) is 3.62. The van der Waals surface area contributed by atoms with E-state index >= 15 is 0 Å². The van der Waals surface area contributed by atoms with Crippen molar-refractivity contribution in [2.75, 3.05) is 14.1 Å². The van der Waals surface area contributed by atoms with E-state index in [1.807, 2.05) is 14.1 Å². The molecule has 0 saturated carbocycles. The summed E-state index contributed by atoms with van der Waals surface area (Å²) in [5.41, 5.74) is 0. The van der Waals surface area contributed by atoms with Gasteiger partial charge in [0.25, 0.3) is 0 Å². The average Bonchev–Trinajstić information content (AvgIpc) is 1.83. The fourth-order valence-corrected chi connectivity index (χ4v) is 0.476. The molecule has 0 aromatic heterocycles. The normalized spacial score (nSPS) is 9.88. The van der Waals surface area contributed by atoms with Gasteiger partial charge < -0.3 is 15.4 Å².